The number of nitrogens with zero attached hydrogens (tertiary/aromatic N) is 2. The second kappa shape index (κ2) is 4.99. The number of hydrogen-bond donors (Lipinski definition) is 1. The zero-order valence-electron chi connectivity index (χ0n) is 7.92. The minimum Gasteiger partial charge on any atom is -0.339 e. The van der Waals surface area contributed by atoms with Gasteiger partial charge in [-0.3, -0.25) is 0 Å². The summed E-state index contributed by atoms with van der Waals surface area (Å²) in [4.78, 5) is 7.84. The van der Waals surface area contributed by atoms with Crippen LogP contribution in [-0.4, -0.2) is 9.97 Å². The minimum atomic E-state index is 0.391. The lowest BCUT2D eigenvalue weighted by atomic mass is 10.3. The molecule has 0 radical (unpaired) electrons. The first-order valence-electron chi connectivity index (χ1n) is 4.35. The molecule has 1 aromatic carbocycles. The van der Waals surface area contributed by atoms with E-state index in [0.717, 1.165) is 10.2 Å². The Bertz CT molecular complexity index is 519. The SMILES string of the molecule is Clc1ccc(Nc2cc(Cl)ncn2)c(Br)c1. The van der Waals surface area contributed by atoms with E-state index in [4.69, 9.17) is 23.2 Å². The monoisotopic (exact) mass is 317 g/mol. The lowest BCUT2D eigenvalue weighted by Crippen LogP contribution is -1.94. The highest BCUT2D eigenvalue weighted by Gasteiger charge is 2.02. The maximum Gasteiger partial charge on any atom is 0.135 e. The van der Waals surface area contributed by atoms with Gasteiger partial charge < -0.3 is 5.32 Å². The first-order valence-corrected chi connectivity index (χ1v) is 5.89. The van der Waals surface area contributed by atoms with E-state index in [9.17, 15) is 0 Å². The smallest absolute Gasteiger partial charge is 0.135 e. The molecule has 0 saturated carbocycles. The number of nitrogens with one attached hydrogen (secondary N) is 1. The molecule has 0 spiro atoms. The van der Waals surface area contributed by atoms with Crippen molar-refractivity contribution in [3.8, 4) is 0 Å². The third kappa shape index (κ3) is 2.84. The van der Waals surface area contributed by atoms with E-state index in [-0.39, 0.29) is 0 Å². The standard InChI is InChI=1S/C10H6BrCl2N3/c11-7-3-6(12)1-2-8(7)16-10-4-9(13)14-5-15-10/h1-5H,(H,14,15,16). The Kier molecular flexibility index (Phi) is 3.63. The number of benzene rings is 1. The van der Waals surface area contributed by atoms with Gasteiger partial charge in [0, 0.05) is 15.6 Å². The van der Waals surface area contributed by atoms with Crippen LogP contribution < -0.4 is 5.32 Å². The average molecular weight is 319 g/mol. The molecule has 0 aliphatic heterocycles. The van der Waals surface area contributed by atoms with Crippen LogP contribution in [0.3, 0.4) is 0 Å². The normalized spacial score (nSPS) is 10.2. The number of halogens is 3. The summed E-state index contributed by atoms with van der Waals surface area (Å²) >= 11 is 15.0. The lowest BCUT2D eigenvalue weighted by Gasteiger charge is -2.07. The van der Waals surface area contributed by atoms with Gasteiger partial charge in [-0.25, -0.2) is 9.97 Å². The fourth-order valence-corrected chi connectivity index (χ4v) is 2.06. The number of hydrogen-bond acceptors (Lipinski definition) is 3. The summed E-state index contributed by atoms with van der Waals surface area (Å²) in [5.41, 5.74) is 0.860. The molecule has 0 saturated heterocycles. The van der Waals surface area contributed by atoms with Crippen molar-refractivity contribution in [3.05, 3.63) is 45.2 Å². The van der Waals surface area contributed by atoms with Gasteiger partial charge in [0.1, 0.15) is 17.3 Å². The van der Waals surface area contributed by atoms with Crippen molar-refractivity contribution in [2.75, 3.05) is 5.32 Å². The first-order chi connectivity index (χ1) is 7.65. The molecule has 1 heterocycles. The molecule has 0 fully saturated rings. The van der Waals surface area contributed by atoms with Gasteiger partial charge >= 0.3 is 0 Å². The molecule has 0 amide bonds. The van der Waals surface area contributed by atoms with Crippen LogP contribution in [0.4, 0.5) is 11.5 Å². The molecule has 6 heteroatoms. The van der Waals surface area contributed by atoms with Crippen LogP contribution in [0.2, 0.25) is 10.2 Å². The molecule has 2 rings (SSSR count). The predicted molar refractivity (Wildman–Crippen MR) is 69.5 cm³/mol. The van der Waals surface area contributed by atoms with Crippen LogP contribution in [0.25, 0.3) is 0 Å². The van der Waals surface area contributed by atoms with Gasteiger partial charge in [0.2, 0.25) is 0 Å². The molecule has 1 aromatic heterocycles. The molecular weight excluding hydrogens is 313 g/mol. The maximum atomic E-state index is 5.84. The number of aromatic nitrogens is 2. The summed E-state index contributed by atoms with van der Waals surface area (Å²) in [6.45, 7) is 0. The summed E-state index contributed by atoms with van der Waals surface area (Å²) < 4.78 is 0.856. The van der Waals surface area contributed by atoms with E-state index < -0.39 is 0 Å². The molecule has 16 heavy (non-hydrogen) atoms. The van der Waals surface area contributed by atoms with E-state index >= 15 is 0 Å². The van der Waals surface area contributed by atoms with Crippen molar-refractivity contribution in [1.29, 1.82) is 0 Å². The Balaban J connectivity index is 2.27. The predicted octanol–water partition coefficient (Wildman–Crippen LogP) is 4.29. The van der Waals surface area contributed by atoms with Gasteiger partial charge in [-0.05, 0) is 34.1 Å². The Morgan fingerprint density at radius 1 is 1.12 bits per heavy atom. The molecule has 3 nitrogen and oxygen atoms in total. The van der Waals surface area contributed by atoms with Gasteiger partial charge in [0.05, 0.1) is 5.69 Å². The molecule has 82 valence electrons. The lowest BCUT2D eigenvalue weighted by molar-refractivity contribution is 1.17. The summed E-state index contributed by atoms with van der Waals surface area (Å²) in [5.74, 6) is 0.628. The first kappa shape index (κ1) is 11.6. The van der Waals surface area contributed by atoms with Crippen molar-refractivity contribution >= 4 is 50.6 Å². The van der Waals surface area contributed by atoms with E-state index in [2.05, 4.69) is 31.2 Å². The van der Waals surface area contributed by atoms with Gasteiger partial charge in [0.15, 0.2) is 0 Å². The van der Waals surface area contributed by atoms with Crippen molar-refractivity contribution in [1.82, 2.24) is 9.97 Å². The maximum absolute atomic E-state index is 5.84. The Morgan fingerprint density at radius 3 is 2.62 bits per heavy atom. The second-order valence-electron chi connectivity index (χ2n) is 2.98. The molecule has 1 N–H and O–H groups in total. The fraction of sp³-hybridized carbons (Fsp3) is 0. The van der Waals surface area contributed by atoms with Gasteiger partial charge in [-0.2, -0.15) is 0 Å². The van der Waals surface area contributed by atoms with E-state index in [0.29, 0.717) is 16.0 Å². The van der Waals surface area contributed by atoms with Crippen molar-refractivity contribution in [3.63, 3.8) is 0 Å². The Labute approximate surface area is 111 Å². The van der Waals surface area contributed by atoms with Gasteiger partial charge in [0.25, 0.3) is 0 Å². The van der Waals surface area contributed by atoms with E-state index in [1.54, 1.807) is 18.2 Å². The fourth-order valence-electron chi connectivity index (χ4n) is 1.13. The number of rotatable bonds is 2. The molecular formula is C10H6BrCl2N3. The van der Waals surface area contributed by atoms with E-state index in [1.807, 2.05) is 6.07 Å². The minimum absolute atomic E-state index is 0.391. The second-order valence-corrected chi connectivity index (χ2v) is 4.65. The largest absolute Gasteiger partial charge is 0.339 e. The molecule has 0 atom stereocenters. The molecule has 0 unspecified atom stereocenters. The van der Waals surface area contributed by atoms with Crippen molar-refractivity contribution < 1.29 is 0 Å². The van der Waals surface area contributed by atoms with Crippen LogP contribution in [-0.2, 0) is 0 Å². The van der Waals surface area contributed by atoms with Gasteiger partial charge in [-0.1, -0.05) is 23.2 Å². The topological polar surface area (TPSA) is 37.8 Å². The van der Waals surface area contributed by atoms with Crippen LogP contribution in [0, 0.1) is 0 Å². The summed E-state index contributed by atoms with van der Waals surface area (Å²) in [7, 11) is 0. The zero-order chi connectivity index (χ0) is 11.5. The highest BCUT2D eigenvalue weighted by atomic mass is 79.9. The Hall–Kier alpha value is -0.840. The quantitative estimate of drug-likeness (QED) is 0.839. The summed E-state index contributed by atoms with van der Waals surface area (Å²) in [5, 5.41) is 4.16. The third-order valence-corrected chi connectivity index (χ3v) is 2.93. The molecule has 0 aliphatic carbocycles. The summed E-state index contributed by atoms with van der Waals surface area (Å²) in [6, 6.07) is 7.08. The highest BCUT2D eigenvalue weighted by Crippen LogP contribution is 2.28. The zero-order valence-corrected chi connectivity index (χ0v) is 11.0. The molecule has 0 aliphatic rings. The average Bonchev–Trinajstić information content (AvgIpc) is 2.22. The van der Waals surface area contributed by atoms with Crippen LogP contribution in [0.1, 0.15) is 0 Å². The van der Waals surface area contributed by atoms with Crippen molar-refractivity contribution in [2.45, 2.75) is 0 Å². The van der Waals surface area contributed by atoms with Crippen molar-refractivity contribution in [2.24, 2.45) is 0 Å². The Morgan fingerprint density at radius 2 is 1.94 bits per heavy atom. The molecule has 2 aromatic rings. The van der Waals surface area contributed by atoms with Crippen LogP contribution >= 0.6 is 39.1 Å². The summed E-state index contributed by atoms with van der Waals surface area (Å²) in [6.07, 6.45) is 1.40. The third-order valence-electron chi connectivity index (χ3n) is 1.83. The molecule has 0 bridgehead atoms. The number of anilines is 2. The van der Waals surface area contributed by atoms with Crippen LogP contribution in [0.5, 0.6) is 0 Å². The van der Waals surface area contributed by atoms with E-state index in [1.165, 1.54) is 6.33 Å². The van der Waals surface area contributed by atoms with Gasteiger partial charge in [-0.15, -0.1) is 0 Å². The van der Waals surface area contributed by atoms with Crippen LogP contribution in [0.15, 0.2) is 35.1 Å². The highest BCUT2D eigenvalue weighted by molar-refractivity contribution is 9.10.